The van der Waals surface area contributed by atoms with Crippen LogP contribution in [0.15, 0.2) is 18.2 Å². The van der Waals surface area contributed by atoms with Crippen LogP contribution in [0.5, 0.6) is 0 Å². The van der Waals surface area contributed by atoms with E-state index in [4.69, 9.17) is 0 Å². The van der Waals surface area contributed by atoms with Crippen LogP contribution in [-0.4, -0.2) is 47.6 Å². The Bertz CT molecular complexity index is 659. The zero-order valence-electron chi connectivity index (χ0n) is 12.8. The van der Waals surface area contributed by atoms with Gasteiger partial charge in [0, 0.05) is 19.8 Å². The second-order valence-corrected chi connectivity index (χ2v) is 5.30. The van der Waals surface area contributed by atoms with E-state index in [-0.39, 0.29) is 0 Å². The number of barbiturate groups is 1. The predicted molar refractivity (Wildman–Crippen MR) is 79.0 cm³/mol. The summed E-state index contributed by atoms with van der Waals surface area (Å²) in [5, 5.41) is 2.55. The van der Waals surface area contributed by atoms with Crippen LogP contribution in [0.3, 0.4) is 0 Å². The lowest BCUT2D eigenvalue weighted by molar-refractivity contribution is -0.151. The summed E-state index contributed by atoms with van der Waals surface area (Å²) in [6, 6.07) is 4.53. The number of urea groups is 1. The highest BCUT2D eigenvalue weighted by Gasteiger charge is 2.46. The first-order valence-corrected chi connectivity index (χ1v) is 6.71. The summed E-state index contributed by atoms with van der Waals surface area (Å²) >= 11 is 0. The number of nitrogens with one attached hydrogen (secondary N) is 1. The topological polar surface area (TPSA) is 86.8 Å². The monoisotopic (exact) mass is 303 g/mol. The average Bonchev–Trinajstić information content (AvgIpc) is 2.47. The summed E-state index contributed by atoms with van der Waals surface area (Å²) < 4.78 is 0. The number of benzene rings is 1. The van der Waals surface area contributed by atoms with Crippen LogP contribution in [0.1, 0.15) is 11.1 Å². The molecular formula is C15H17N3O4. The summed E-state index contributed by atoms with van der Waals surface area (Å²) in [7, 11) is 2.48. The minimum Gasteiger partial charge on any atom is -0.325 e. The Hall–Kier alpha value is -2.70. The fraction of sp³-hybridized carbons (Fsp3) is 0.333. The fourth-order valence-corrected chi connectivity index (χ4v) is 2.16. The van der Waals surface area contributed by atoms with Crippen molar-refractivity contribution in [2.24, 2.45) is 5.92 Å². The highest BCUT2D eigenvalue weighted by Crippen LogP contribution is 2.19. The fourth-order valence-electron chi connectivity index (χ4n) is 2.16. The van der Waals surface area contributed by atoms with Gasteiger partial charge < -0.3 is 5.32 Å². The van der Waals surface area contributed by atoms with Gasteiger partial charge in [0.15, 0.2) is 5.92 Å². The Labute approximate surface area is 127 Å². The van der Waals surface area contributed by atoms with Crippen molar-refractivity contribution in [3.8, 4) is 0 Å². The molecule has 0 aromatic heterocycles. The second-order valence-electron chi connectivity index (χ2n) is 5.30. The van der Waals surface area contributed by atoms with Crippen LogP contribution < -0.4 is 5.32 Å². The maximum atomic E-state index is 12.3. The molecule has 0 atom stereocenters. The van der Waals surface area contributed by atoms with Gasteiger partial charge in [0.25, 0.3) is 11.8 Å². The lowest BCUT2D eigenvalue weighted by Gasteiger charge is -2.32. The molecule has 1 aliphatic heterocycles. The van der Waals surface area contributed by atoms with Crippen LogP contribution in [0.2, 0.25) is 0 Å². The first-order chi connectivity index (χ1) is 10.2. The minimum absolute atomic E-state index is 0.496. The van der Waals surface area contributed by atoms with Crippen molar-refractivity contribution in [2.45, 2.75) is 13.8 Å². The zero-order chi connectivity index (χ0) is 16.6. The normalized spacial score (nSPS) is 16.3. The second kappa shape index (κ2) is 5.59. The molecule has 0 spiro atoms. The van der Waals surface area contributed by atoms with Crippen molar-refractivity contribution in [1.29, 1.82) is 0 Å². The first kappa shape index (κ1) is 15.7. The molecule has 0 saturated carbocycles. The largest absolute Gasteiger partial charge is 0.332 e. The molecule has 1 fully saturated rings. The molecular weight excluding hydrogens is 286 g/mol. The van der Waals surface area contributed by atoms with Crippen molar-refractivity contribution in [2.75, 3.05) is 19.4 Å². The molecule has 1 aliphatic rings. The number of imide groups is 2. The molecule has 1 heterocycles. The lowest BCUT2D eigenvalue weighted by atomic mass is 10.0. The number of anilines is 1. The number of carbonyl (C=O) groups is 4. The standard InChI is InChI=1S/C15H17N3O4/c1-8-5-6-10(7-9(8)2)16-12(19)11-13(20)17(3)15(22)18(4)14(11)21/h5-7,11H,1-4H3,(H,16,19). The third kappa shape index (κ3) is 2.57. The van der Waals surface area contributed by atoms with Crippen molar-refractivity contribution < 1.29 is 19.2 Å². The molecule has 0 aliphatic carbocycles. The Morgan fingerprint density at radius 2 is 1.55 bits per heavy atom. The number of hydrogen-bond acceptors (Lipinski definition) is 4. The van der Waals surface area contributed by atoms with Gasteiger partial charge in [-0.3, -0.25) is 24.2 Å². The molecule has 7 heteroatoms. The van der Waals surface area contributed by atoms with Gasteiger partial charge in [-0.15, -0.1) is 0 Å². The van der Waals surface area contributed by atoms with E-state index >= 15 is 0 Å². The Kier molecular flexibility index (Phi) is 3.99. The molecule has 1 aromatic carbocycles. The van der Waals surface area contributed by atoms with E-state index in [9.17, 15) is 19.2 Å². The summed E-state index contributed by atoms with van der Waals surface area (Å²) in [5.41, 5.74) is 2.53. The highest BCUT2D eigenvalue weighted by molar-refractivity contribution is 6.27. The van der Waals surface area contributed by atoms with Gasteiger partial charge in [-0.25, -0.2) is 4.79 Å². The number of amides is 5. The molecule has 7 nitrogen and oxygen atoms in total. The van der Waals surface area contributed by atoms with Crippen LogP contribution in [0, 0.1) is 19.8 Å². The van der Waals surface area contributed by atoms with Crippen LogP contribution in [-0.2, 0) is 14.4 Å². The van der Waals surface area contributed by atoms with Gasteiger partial charge in [0.1, 0.15) is 0 Å². The third-order valence-electron chi connectivity index (χ3n) is 3.77. The first-order valence-electron chi connectivity index (χ1n) is 6.71. The Morgan fingerprint density at radius 3 is 2.05 bits per heavy atom. The molecule has 0 radical (unpaired) electrons. The molecule has 5 amide bonds. The van der Waals surface area contributed by atoms with Gasteiger partial charge in [0.05, 0.1) is 0 Å². The predicted octanol–water partition coefficient (Wildman–Crippen LogP) is 0.909. The van der Waals surface area contributed by atoms with Crippen molar-refractivity contribution in [3.63, 3.8) is 0 Å². The Morgan fingerprint density at radius 1 is 1.00 bits per heavy atom. The van der Waals surface area contributed by atoms with Gasteiger partial charge in [-0.2, -0.15) is 0 Å². The van der Waals surface area contributed by atoms with E-state index in [0.29, 0.717) is 5.69 Å². The maximum absolute atomic E-state index is 12.3. The number of rotatable bonds is 2. The van der Waals surface area contributed by atoms with Crippen LogP contribution >= 0.6 is 0 Å². The summed E-state index contributed by atoms with van der Waals surface area (Å²) in [5.74, 6) is -3.94. The molecule has 1 aromatic rings. The number of hydrogen-bond donors (Lipinski definition) is 1. The van der Waals surface area contributed by atoms with E-state index in [1.165, 1.54) is 14.1 Å². The van der Waals surface area contributed by atoms with E-state index in [1.807, 2.05) is 19.9 Å². The van der Waals surface area contributed by atoms with Gasteiger partial charge >= 0.3 is 6.03 Å². The van der Waals surface area contributed by atoms with E-state index in [1.54, 1.807) is 12.1 Å². The minimum atomic E-state index is -1.55. The zero-order valence-corrected chi connectivity index (χ0v) is 12.8. The van der Waals surface area contributed by atoms with Gasteiger partial charge in [-0.05, 0) is 37.1 Å². The highest BCUT2D eigenvalue weighted by atomic mass is 16.2. The van der Waals surface area contributed by atoms with E-state index in [2.05, 4.69) is 5.32 Å². The number of nitrogens with zero attached hydrogens (tertiary/aromatic N) is 2. The molecule has 1 N–H and O–H groups in total. The molecule has 2 rings (SSSR count). The maximum Gasteiger partial charge on any atom is 0.332 e. The third-order valence-corrected chi connectivity index (χ3v) is 3.77. The summed E-state index contributed by atoms with van der Waals surface area (Å²) in [6.45, 7) is 3.83. The molecule has 116 valence electrons. The summed E-state index contributed by atoms with van der Waals surface area (Å²) in [6.07, 6.45) is 0. The quantitative estimate of drug-likeness (QED) is 0.823. The van der Waals surface area contributed by atoms with Gasteiger partial charge in [-0.1, -0.05) is 6.07 Å². The van der Waals surface area contributed by atoms with Crippen molar-refractivity contribution in [3.05, 3.63) is 29.3 Å². The summed E-state index contributed by atoms with van der Waals surface area (Å²) in [4.78, 5) is 49.5. The number of aryl methyl sites for hydroxylation is 2. The average molecular weight is 303 g/mol. The number of carbonyl (C=O) groups excluding carboxylic acids is 4. The van der Waals surface area contributed by atoms with Crippen LogP contribution in [0.25, 0.3) is 0 Å². The lowest BCUT2D eigenvalue weighted by Crippen LogP contribution is -2.59. The SMILES string of the molecule is Cc1ccc(NC(=O)C2C(=O)N(C)C(=O)N(C)C2=O)cc1C. The van der Waals surface area contributed by atoms with Gasteiger partial charge in [0.2, 0.25) is 5.91 Å². The smallest absolute Gasteiger partial charge is 0.325 e. The van der Waals surface area contributed by atoms with Crippen LogP contribution in [0.4, 0.5) is 10.5 Å². The Balaban J connectivity index is 2.24. The van der Waals surface area contributed by atoms with Crippen molar-refractivity contribution >= 4 is 29.4 Å². The molecule has 0 unspecified atom stereocenters. The van der Waals surface area contributed by atoms with E-state index in [0.717, 1.165) is 20.9 Å². The molecule has 0 bridgehead atoms. The van der Waals surface area contributed by atoms with E-state index < -0.39 is 29.7 Å². The molecule has 22 heavy (non-hydrogen) atoms. The van der Waals surface area contributed by atoms with Crippen molar-refractivity contribution in [1.82, 2.24) is 9.80 Å². The molecule has 1 saturated heterocycles.